The van der Waals surface area contributed by atoms with Gasteiger partial charge in [-0.3, -0.25) is 9.89 Å². The van der Waals surface area contributed by atoms with Crippen molar-refractivity contribution in [1.29, 1.82) is 0 Å². The molecule has 1 heterocycles. The molecule has 0 amide bonds. The van der Waals surface area contributed by atoms with Crippen LogP contribution in [0.25, 0.3) is 0 Å². The van der Waals surface area contributed by atoms with E-state index in [-0.39, 0.29) is 24.0 Å². The second kappa shape index (κ2) is 14.1. The lowest BCUT2D eigenvalue weighted by molar-refractivity contribution is 0.0322. The maximum absolute atomic E-state index is 5.97. The number of nitrogens with zero attached hydrogens (tertiary/aromatic N) is 2. The highest BCUT2D eigenvalue weighted by atomic mass is 127. The molecule has 8 heteroatoms. The summed E-state index contributed by atoms with van der Waals surface area (Å²) in [6, 6.07) is 8.28. The molecule has 176 valence electrons. The molecule has 7 nitrogen and oxygen atoms in total. The zero-order chi connectivity index (χ0) is 21.1. The van der Waals surface area contributed by atoms with Gasteiger partial charge in [0.2, 0.25) is 0 Å². The average Bonchev–Trinajstić information content (AvgIpc) is 2.76. The van der Waals surface area contributed by atoms with Crippen molar-refractivity contribution in [1.82, 2.24) is 15.5 Å². The van der Waals surface area contributed by atoms with Crippen molar-refractivity contribution in [3.05, 3.63) is 29.8 Å². The van der Waals surface area contributed by atoms with Crippen LogP contribution in [0.3, 0.4) is 0 Å². The second-order valence-electron chi connectivity index (χ2n) is 8.33. The van der Waals surface area contributed by atoms with Gasteiger partial charge in [-0.1, -0.05) is 18.6 Å². The molecule has 2 aliphatic rings. The first-order valence-corrected chi connectivity index (χ1v) is 11.2. The van der Waals surface area contributed by atoms with E-state index in [1.807, 2.05) is 19.2 Å². The number of nitrogens with one attached hydrogen (secondary N) is 2. The summed E-state index contributed by atoms with van der Waals surface area (Å²) in [5.74, 6) is 1.76. The highest BCUT2D eigenvalue weighted by Crippen LogP contribution is 2.43. The summed E-state index contributed by atoms with van der Waals surface area (Å²) in [6.45, 7) is 7.75. The number of benzene rings is 1. The molecule has 1 aliphatic heterocycles. The van der Waals surface area contributed by atoms with E-state index in [0.29, 0.717) is 18.6 Å². The Morgan fingerprint density at radius 1 is 1.19 bits per heavy atom. The number of hydrogen-bond acceptors (Lipinski definition) is 5. The van der Waals surface area contributed by atoms with Crippen molar-refractivity contribution < 1.29 is 14.2 Å². The zero-order valence-corrected chi connectivity index (χ0v) is 21.4. The molecular formula is C23H39IN4O3. The predicted octanol–water partition coefficient (Wildman–Crippen LogP) is 2.89. The molecule has 0 aromatic heterocycles. The predicted molar refractivity (Wildman–Crippen MR) is 136 cm³/mol. The minimum Gasteiger partial charge on any atom is -0.492 e. The number of rotatable bonds is 11. The Labute approximate surface area is 204 Å². The fourth-order valence-corrected chi connectivity index (χ4v) is 4.05. The Morgan fingerprint density at radius 2 is 2.00 bits per heavy atom. The molecule has 2 fully saturated rings. The first-order chi connectivity index (χ1) is 14.7. The highest BCUT2D eigenvalue weighted by molar-refractivity contribution is 14.0. The number of ether oxygens (including phenoxy) is 3. The van der Waals surface area contributed by atoms with Gasteiger partial charge < -0.3 is 24.8 Å². The molecule has 0 atom stereocenters. The first kappa shape index (κ1) is 26.2. The molecule has 0 spiro atoms. The van der Waals surface area contributed by atoms with Gasteiger partial charge in [-0.25, -0.2) is 0 Å². The Morgan fingerprint density at radius 3 is 2.68 bits per heavy atom. The number of aliphatic imine (C=N–C) groups is 1. The van der Waals surface area contributed by atoms with Crippen LogP contribution in [0, 0.1) is 5.41 Å². The molecule has 1 saturated carbocycles. The van der Waals surface area contributed by atoms with Crippen molar-refractivity contribution >= 4 is 29.9 Å². The molecule has 2 N–H and O–H groups in total. The Bertz CT molecular complexity index is 664. The van der Waals surface area contributed by atoms with Crippen molar-refractivity contribution in [3.8, 4) is 5.75 Å². The van der Waals surface area contributed by atoms with Crippen LogP contribution in [-0.2, 0) is 16.0 Å². The van der Waals surface area contributed by atoms with Crippen molar-refractivity contribution in [3.63, 3.8) is 0 Å². The number of hydrogen-bond donors (Lipinski definition) is 2. The molecule has 1 aromatic carbocycles. The number of guanidine groups is 1. The van der Waals surface area contributed by atoms with Gasteiger partial charge in [0, 0.05) is 53.5 Å². The van der Waals surface area contributed by atoms with Crippen molar-refractivity contribution in [2.45, 2.75) is 32.2 Å². The lowest BCUT2D eigenvalue weighted by atomic mass is 9.67. The molecule has 1 aromatic rings. The molecule has 1 aliphatic carbocycles. The van der Waals surface area contributed by atoms with E-state index in [2.05, 4.69) is 32.7 Å². The van der Waals surface area contributed by atoms with Crippen molar-refractivity contribution in [2.75, 3.05) is 66.8 Å². The maximum Gasteiger partial charge on any atom is 0.191 e. The minimum atomic E-state index is 0. The molecule has 31 heavy (non-hydrogen) atoms. The third-order valence-electron chi connectivity index (χ3n) is 6.24. The van der Waals surface area contributed by atoms with Gasteiger partial charge in [-0.2, -0.15) is 0 Å². The van der Waals surface area contributed by atoms with Gasteiger partial charge in [0.15, 0.2) is 5.96 Å². The normalized spacial score (nSPS) is 18.6. The monoisotopic (exact) mass is 546 g/mol. The SMILES string of the molecule is CN=C(NCc1cccc(OCCN2CCOCC2)c1)NCC1(CCOC)CCC1.I. The fraction of sp³-hybridized carbons (Fsp3) is 0.696. The van der Waals surface area contributed by atoms with Gasteiger partial charge in [0.05, 0.1) is 13.2 Å². The zero-order valence-electron chi connectivity index (χ0n) is 19.0. The summed E-state index contributed by atoms with van der Waals surface area (Å²) < 4.78 is 16.6. The summed E-state index contributed by atoms with van der Waals surface area (Å²) in [5, 5.41) is 6.94. The lowest BCUT2D eigenvalue weighted by Gasteiger charge is -2.42. The van der Waals surface area contributed by atoms with E-state index in [4.69, 9.17) is 14.2 Å². The third-order valence-corrected chi connectivity index (χ3v) is 6.24. The van der Waals surface area contributed by atoms with Crippen LogP contribution in [0.5, 0.6) is 5.75 Å². The maximum atomic E-state index is 5.97. The number of morpholine rings is 1. The van der Waals surface area contributed by atoms with Crippen LogP contribution < -0.4 is 15.4 Å². The summed E-state index contributed by atoms with van der Waals surface area (Å²) in [5.41, 5.74) is 1.54. The summed E-state index contributed by atoms with van der Waals surface area (Å²) in [7, 11) is 3.60. The molecule has 0 bridgehead atoms. The van der Waals surface area contributed by atoms with Crippen LogP contribution in [0.2, 0.25) is 0 Å². The van der Waals surface area contributed by atoms with Crippen LogP contribution in [0.1, 0.15) is 31.2 Å². The number of halogens is 1. The van der Waals surface area contributed by atoms with Gasteiger partial charge in [0.1, 0.15) is 12.4 Å². The fourth-order valence-electron chi connectivity index (χ4n) is 4.05. The topological polar surface area (TPSA) is 67.4 Å². The van der Waals surface area contributed by atoms with Crippen LogP contribution in [0.4, 0.5) is 0 Å². The number of methoxy groups -OCH3 is 1. The smallest absolute Gasteiger partial charge is 0.191 e. The van der Waals surface area contributed by atoms with E-state index in [1.54, 1.807) is 7.11 Å². The Balaban J connectivity index is 0.00000341. The molecular weight excluding hydrogens is 507 g/mol. The lowest BCUT2D eigenvalue weighted by Crippen LogP contribution is -2.46. The van der Waals surface area contributed by atoms with Crippen LogP contribution >= 0.6 is 24.0 Å². The van der Waals surface area contributed by atoms with Gasteiger partial charge >= 0.3 is 0 Å². The Kier molecular flexibility index (Phi) is 11.9. The van der Waals surface area contributed by atoms with Gasteiger partial charge in [0.25, 0.3) is 0 Å². The second-order valence-corrected chi connectivity index (χ2v) is 8.33. The highest BCUT2D eigenvalue weighted by Gasteiger charge is 2.36. The van der Waals surface area contributed by atoms with E-state index in [9.17, 15) is 0 Å². The minimum absolute atomic E-state index is 0. The van der Waals surface area contributed by atoms with E-state index in [1.165, 1.54) is 24.8 Å². The quantitative estimate of drug-likeness (QED) is 0.253. The molecule has 0 radical (unpaired) electrons. The molecule has 1 saturated heterocycles. The van der Waals surface area contributed by atoms with E-state index >= 15 is 0 Å². The summed E-state index contributed by atoms with van der Waals surface area (Å²) >= 11 is 0. The van der Waals surface area contributed by atoms with Gasteiger partial charge in [-0.05, 0) is 42.4 Å². The average molecular weight is 546 g/mol. The van der Waals surface area contributed by atoms with Crippen LogP contribution in [0.15, 0.2) is 29.3 Å². The Hall–Kier alpha value is -1.10. The largest absolute Gasteiger partial charge is 0.492 e. The van der Waals surface area contributed by atoms with Crippen molar-refractivity contribution in [2.24, 2.45) is 10.4 Å². The standard InChI is InChI=1S/C23H38N4O3.HI/c1-24-22(26-19-23(7-4-8-23)9-13-28-2)25-18-20-5-3-6-21(17-20)30-16-12-27-10-14-29-15-11-27;/h3,5-6,17H,4,7-16,18-19H2,1-2H3,(H2,24,25,26);1H. The summed E-state index contributed by atoms with van der Waals surface area (Å²) in [6.07, 6.45) is 4.96. The van der Waals surface area contributed by atoms with Crippen LogP contribution in [-0.4, -0.2) is 77.6 Å². The van der Waals surface area contributed by atoms with E-state index < -0.39 is 0 Å². The third kappa shape index (κ3) is 8.75. The molecule has 0 unspecified atom stereocenters. The summed E-state index contributed by atoms with van der Waals surface area (Å²) in [4.78, 5) is 6.77. The molecule has 3 rings (SSSR count). The van der Waals surface area contributed by atoms with Gasteiger partial charge in [-0.15, -0.1) is 24.0 Å². The first-order valence-electron chi connectivity index (χ1n) is 11.2. The van der Waals surface area contributed by atoms with E-state index in [0.717, 1.165) is 64.1 Å².